The molecule has 2 unspecified atom stereocenters. The van der Waals surface area contributed by atoms with Crippen LogP contribution in [0.4, 0.5) is 11.8 Å². The largest absolute Gasteiger partial charge is 0.494 e. The number of carbonyl (C=O) groups excluding carboxylic acids is 2. The maximum absolute atomic E-state index is 13.2. The van der Waals surface area contributed by atoms with Crippen molar-refractivity contribution in [2.75, 3.05) is 29.9 Å². The smallest absolute Gasteiger partial charge is 0.258 e. The van der Waals surface area contributed by atoms with Crippen molar-refractivity contribution in [3.8, 4) is 11.8 Å². The first kappa shape index (κ1) is 22.3. The van der Waals surface area contributed by atoms with E-state index < -0.39 is 23.3 Å². The maximum atomic E-state index is 13.2. The second kappa shape index (κ2) is 9.32. The normalized spacial score (nSPS) is 20.5. The molecular weight excluding hydrogens is 424 g/mol. The third-order valence-corrected chi connectivity index (χ3v) is 6.16. The molecule has 0 aliphatic carbocycles. The Balaban J connectivity index is 1.68. The molecule has 1 fully saturated rings. The highest BCUT2D eigenvalue weighted by Crippen LogP contribution is 2.38. The fourth-order valence-electron chi connectivity index (χ4n) is 4.38. The summed E-state index contributed by atoms with van der Waals surface area (Å²) < 4.78 is 5.61. The van der Waals surface area contributed by atoms with E-state index in [1.165, 1.54) is 0 Å². The van der Waals surface area contributed by atoms with Gasteiger partial charge in [-0.3, -0.25) is 19.4 Å². The SMILES string of the molecule is CCCOc1ccc(C2c3c(nc(N4CCC(C(N)=O)CC4)[nH]c3=O)NC(=O)C2C#N)cc1. The lowest BCUT2D eigenvalue weighted by Gasteiger charge is -2.33. The van der Waals surface area contributed by atoms with Crippen molar-refractivity contribution >= 4 is 23.6 Å². The predicted octanol–water partition coefficient (Wildman–Crippen LogP) is 1.48. The van der Waals surface area contributed by atoms with Crippen LogP contribution in [0, 0.1) is 23.2 Å². The Labute approximate surface area is 190 Å². The van der Waals surface area contributed by atoms with Crippen LogP contribution in [0.2, 0.25) is 0 Å². The number of primary amides is 1. The zero-order chi connectivity index (χ0) is 23.5. The van der Waals surface area contributed by atoms with Gasteiger partial charge < -0.3 is 20.7 Å². The molecule has 2 amide bonds. The highest BCUT2D eigenvalue weighted by atomic mass is 16.5. The molecule has 0 saturated carbocycles. The predicted molar refractivity (Wildman–Crippen MR) is 121 cm³/mol. The Kier molecular flexibility index (Phi) is 6.31. The number of H-pyrrole nitrogens is 1. The summed E-state index contributed by atoms with van der Waals surface area (Å²) in [5, 5.41) is 12.3. The van der Waals surface area contributed by atoms with Crippen LogP contribution in [0.3, 0.4) is 0 Å². The summed E-state index contributed by atoms with van der Waals surface area (Å²) in [6.07, 6.45) is 2.00. The number of benzene rings is 1. The first-order chi connectivity index (χ1) is 15.9. The quantitative estimate of drug-likeness (QED) is 0.602. The number of carbonyl (C=O) groups is 2. The summed E-state index contributed by atoms with van der Waals surface area (Å²) in [6.45, 7) is 3.61. The van der Waals surface area contributed by atoms with E-state index in [4.69, 9.17) is 10.5 Å². The monoisotopic (exact) mass is 450 g/mol. The number of nitriles is 1. The minimum absolute atomic E-state index is 0.151. The molecule has 3 heterocycles. The van der Waals surface area contributed by atoms with Crippen LogP contribution in [0.15, 0.2) is 29.1 Å². The lowest BCUT2D eigenvalue weighted by molar-refractivity contribution is -0.122. The number of aromatic amines is 1. The van der Waals surface area contributed by atoms with Crippen LogP contribution < -0.4 is 26.2 Å². The number of aromatic nitrogens is 2. The van der Waals surface area contributed by atoms with Gasteiger partial charge in [0.15, 0.2) is 0 Å². The second-order valence-corrected chi connectivity index (χ2v) is 8.31. The van der Waals surface area contributed by atoms with Crippen molar-refractivity contribution in [2.45, 2.75) is 32.1 Å². The molecule has 33 heavy (non-hydrogen) atoms. The summed E-state index contributed by atoms with van der Waals surface area (Å²) in [6, 6.07) is 9.11. The van der Waals surface area contributed by atoms with Gasteiger partial charge in [0.05, 0.1) is 18.2 Å². The molecule has 0 radical (unpaired) electrons. The maximum Gasteiger partial charge on any atom is 0.258 e. The van der Waals surface area contributed by atoms with Crippen molar-refractivity contribution in [2.24, 2.45) is 17.6 Å². The number of nitrogens with two attached hydrogens (primary N) is 1. The van der Waals surface area contributed by atoms with Crippen molar-refractivity contribution in [3.63, 3.8) is 0 Å². The number of hydrogen-bond acceptors (Lipinski definition) is 7. The van der Waals surface area contributed by atoms with Crippen LogP contribution in [0.25, 0.3) is 0 Å². The van der Waals surface area contributed by atoms with Gasteiger partial charge in [0.2, 0.25) is 17.8 Å². The molecule has 1 saturated heterocycles. The van der Waals surface area contributed by atoms with Gasteiger partial charge in [-0.25, -0.2) is 0 Å². The number of hydrogen-bond donors (Lipinski definition) is 3. The molecule has 2 aliphatic rings. The number of rotatable bonds is 6. The van der Waals surface area contributed by atoms with Gasteiger partial charge in [0, 0.05) is 24.9 Å². The van der Waals surface area contributed by atoms with Crippen molar-refractivity contribution < 1.29 is 14.3 Å². The van der Waals surface area contributed by atoms with E-state index in [2.05, 4.69) is 15.3 Å². The zero-order valence-corrected chi connectivity index (χ0v) is 18.3. The third-order valence-electron chi connectivity index (χ3n) is 6.16. The lowest BCUT2D eigenvalue weighted by atomic mass is 9.79. The van der Waals surface area contributed by atoms with E-state index in [9.17, 15) is 19.6 Å². The highest BCUT2D eigenvalue weighted by molar-refractivity contribution is 5.98. The van der Waals surface area contributed by atoms with Gasteiger partial charge in [-0.15, -0.1) is 0 Å². The van der Waals surface area contributed by atoms with Crippen molar-refractivity contribution in [3.05, 3.63) is 45.7 Å². The minimum Gasteiger partial charge on any atom is -0.494 e. The first-order valence-corrected chi connectivity index (χ1v) is 11.0. The van der Waals surface area contributed by atoms with E-state index in [0.29, 0.717) is 49.8 Å². The van der Waals surface area contributed by atoms with Gasteiger partial charge in [0.25, 0.3) is 5.56 Å². The second-order valence-electron chi connectivity index (χ2n) is 8.31. The number of piperidine rings is 1. The summed E-state index contributed by atoms with van der Waals surface area (Å²) in [5.41, 5.74) is 5.89. The number of nitrogens with one attached hydrogen (secondary N) is 2. The average Bonchev–Trinajstić information content (AvgIpc) is 2.82. The standard InChI is InChI=1S/C23H26N6O4/c1-2-11-33-15-5-3-13(4-6-15)17-16(12-24)21(31)26-20-18(17)22(32)28-23(27-20)29-9-7-14(8-10-29)19(25)30/h3-6,14,16-17H,2,7-11H2,1H3,(H2,25,30)(H2,26,27,28,31,32). The molecule has 172 valence electrons. The number of fused-ring (bicyclic) bond motifs is 1. The molecule has 2 aromatic rings. The van der Waals surface area contributed by atoms with E-state index in [0.717, 1.165) is 6.42 Å². The molecule has 2 atom stereocenters. The van der Waals surface area contributed by atoms with E-state index in [1.807, 2.05) is 17.9 Å². The summed E-state index contributed by atoms with van der Waals surface area (Å²) >= 11 is 0. The molecule has 1 aromatic carbocycles. The molecule has 4 N–H and O–H groups in total. The van der Waals surface area contributed by atoms with Crippen LogP contribution in [-0.2, 0) is 9.59 Å². The van der Waals surface area contributed by atoms with Crippen molar-refractivity contribution in [1.82, 2.24) is 9.97 Å². The zero-order valence-electron chi connectivity index (χ0n) is 18.3. The summed E-state index contributed by atoms with van der Waals surface area (Å²) in [5.74, 6) is -1.71. The number of ether oxygens (including phenoxy) is 1. The third kappa shape index (κ3) is 4.39. The Morgan fingerprint density at radius 2 is 1.97 bits per heavy atom. The molecule has 2 aliphatic heterocycles. The fourth-order valence-corrected chi connectivity index (χ4v) is 4.38. The highest BCUT2D eigenvalue weighted by Gasteiger charge is 2.40. The number of nitrogens with zero attached hydrogens (tertiary/aromatic N) is 3. The average molecular weight is 450 g/mol. The van der Waals surface area contributed by atoms with Gasteiger partial charge in [0.1, 0.15) is 17.5 Å². The molecule has 10 heteroatoms. The summed E-state index contributed by atoms with van der Waals surface area (Å²) in [7, 11) is 0. The molecular formula is C23H26N6O4. The first-order valence-electron chi connectivity index (χ1n) is 11.0. The number of amides is 2. The van der Waals surface area contributed by atoms with Crippen LogP contribution in [0.5, 0.6) is 5.75 Å². The Hall–Kier alpha value is -3.87. The van der Waals surface area contributed by atoms with Crippen LogP contribution >= 0.6 is 0 Å². The minimum atomic E-state index is -1.07. The van der Waals surface area contributed by atoms with Gasteiger partial charge in [-0.1, -0.05) is 19.1 Å². The fraction of sp³-hybridized carbons (Fsp3) is 0.435. The molecule has 10 nitrogen and oxygen atoms in total. The Morgan fingerprint density at radius 1 is 1.27 bits per heavy atom. The Bertz CT molecular complexity index is 1150. The summed E-state index contributed by atoms with van der Waals surface area (Å²) in [4.78, 5) is 46.5. The molecule has 0 bridgehead atoms. The van der Waals surface area contributed by atoms with Crippen LogP contribution in [-0.4, -0.2) is 41.5 Å². The van der Waals surface area contributed by atoms with E-state index in [1.54, 1.807) is 24.3 Å². The Morgan fingerprint density at radius 3 is 2.58 bits per heavy atom. The molecule has 1 aromatic heterocycles. The van der Waals surface area contributed by atoms with Gasteiger partial charge >= 0.3 is 0 Å². The van der Waals surface area contributed by atoms with Gasteiger partial charge in [-0.2, -0.15) is 10.2 Å². The molecule has 0 spiro atoms. The number of anilines is 2. The van der Waals surface area contributed by atoms with Crippen molar-refractivity contribution in [1.29, 1.82) is 5.26 Å². The lowest BCUT2D eigenvalue weighted by Crippen LogP contribution is -2.42. The van der Waals surface area contributed by atoms with E-state index >= 15 is 0 Å². The van der Waals surface area contributed by atoms with E-state index in [-0.39, 0.29) is 23.2 Å². The van der Waals surface area contributed by atoms with Gasteiger partial charge in [-0.05, 0) is 37.0 Å². The van der Waals surface area contributed by atoms with Crippen LogP contribution in [0.1, 0.15) is 43.2 Å². The molecule has 4 rings (SSSR count). The topological polar surface area (TPSA) is 154 Å².